The third-order valence-corrected chi connectivity index (χ3v) is 5.62. The van der Waals surface area contributed by atoms with Gasteiger partial charge in [0.05, 0.1) is 19.2 Å². The van der Waals surface area contributed by atoms with Crippen LogP contribution in [0.15, 0.2) is 66.7 Å². The number of likely N-dealkylation sites (tertiary alicyclic amines) is 1. The molecule has 0 saturated carbocycles. The van der Waals surface area contributed by atoms with Crippen LogP contribution < -0.4 is 4.74 Å². The smallest absolute Gasteiger partial charge is 0.227 e. The number of hydrogen-bond donors (Lipinski definition) is 0. The fraction of sp³-hybridized carbons (Fsp3) is 0.280. The second kappa shape index (κ2) is 9.08. The fourth-order valence-electron chi connectivity index (χ4n) is 3.94. The van der Waals surface area contributed by atoms with Crippen molar-refractivity contribution in [3.63, 3.8) is 0 Å². The molecule has 30 heavy (non-hydrogen) atoms. The molecule has 0 aliphatic carbocycles. The molecule has 4 rings (SSSR count). The lowest BCUT2D eigenvalue weighted by atomic mass is 9.93. The highest BCUT2D eigenvalue weighted by Crippen LogP contribution is 2.28. The Morgan fingerprint density at radius 1 is 1.10 bits per heavy atom. The van der Waals surface area contributed by atoms with Gasteiger partial charge in [-0.05, 0) is 66.9 Å². The lowest BCUT2D eigenvalue weighted by molar-refractivity contribution is -0.131. The Hall–Kier alpha value is -3.21. The Labute approximate surface area is 176 Å². The molecule has 0 spiro atoms. The van der Waals surface area contributed by atoms with Gasteiger partial charge in [-0.2, -0.15) is 0 Å². The molecule has 0 bridgehead atoms. The minimum Gasteiger partial charge on any atom is -0.497 e. The molecule has 5 heteroatoms. The van der Waals surface area contributed by atoms with E-state index in [1.54, 1.807) is 19.2 Å². The highest BCUT2D eigenvalue weighted by Gasteiger charge is 2.25. The third-order valence-electron chi connectivity index (χ3n) is 5.62. The van der Waals surface area contributed by atoms with E-state index >= 15 is 0 Å². The minimum atomic E-state index is -0.285. The van der Waals surface area contributed by atoms with E-state index in [4.69, 9.17) is 9.72 Å². The molecule has 1 fully saturated rings. The molecule has 1 saturated heterocycles. The number of benzene rings is 2. The van der Waals surface area contributed by atoms with Crippen molar-refractivity contribution in [2.75, 3.05) is 20.2 Å². The van der Waals surface area contributed by atoms with Gasteiger partial charge in [-0.15, -0.1) is 0 Å². The van der Waals surface area contributed by atoms with Crippen LogP contribution in [-0.4, -0.2) is 36.0 Å². The molecular formula is C25H25FN2O2. The number of halogens is 1. The zero-order chi connectivity index (χ0) is 20.9. The largest absolute Gasteiger partial charge is 0.497 e. The predicted molar refractivity (Wildman–Crippen MR) is 115 cm³/mol. The summed E-state index contributed by atoms with van der Waals surface area (Å²) in [6.45, 7) is 1.42. The Bertz CT molecular complexity index is 1000. The summed E-state index contributed by atoms with van der Waals surface area (Å²) in [7, 11) is 1.65. The molecule has 0 unspecified atom stereocenters. The van der Waals surface area contributed by atoms with Crippen molar-refractivity contribution in [1.29, 1.82) is 0 Å². The Morgan fingerprint density at radius 2 is 1.87 bits per heavy atom. The molecule has 1 aliphatic heterocycles. The Morgan fingerprint density at radius 3 is 2.60 bits per heavy atom. The van der Waals surface area contributed by atoms with Crippen molar-refractivity contribution in [3.05, 3.63) is 83.8 Å². The summed E-state index contributed by atoms with van der Waals surface area (Å²) in [5.41, 5.74) is 3.81. The summed E-state index contributed by atoms with van der Waals surface area (Å²) in [5, 5.41) is 0. The van der Waals surface area contributed by atoms with Gasteiger partial charge in [-0.25, -0.2) is 4.39 Å². The van der Waals surface area contributed by atoms with E-state index < -0.39 is 0 Å². The van der Waals surface area contributed by atoms with Crippen molar-refractivity contribution in [2.24, 2.45) is 0 Å². The summed E-state index contributed by atoms with van der Waals surface area (Å²) in [4.78, 5) is 19.6. The summed E-state index contributed by atoms with van der Waals surface area (Å²) in [6.07, 6.45) is 2.26. The first kappa shape index (κ1) is 20.1. The predicted octanol–water partition coefficient (Wildman–Crippen LogP) is 4.85. The van der Waals surface area contributed by atoms with Gasteiger partial charge in [0.1, 0.15) is 11.6 Å². The molecular weight excluding hydrogens is 379 g/mol. The Kier molecular flexibility index (Phi) is 6.07. The van der Waals surface area contributed by atoms with Gasteiger partial charge < -0.3 is 9.64 Å². The quantitative estimate of drug-likeness (QED) is 0.611. The summed E-state index contributed by atoms with van der Waals surface area (Å²) < 4.78 is 18.3. The van der Waals surface area contributed by atoms with Crippen LogP contribution in [0, 0.1) is 5.82 Å². The second-order valence-corrected chi connectivity index (χ2v) is 7.66. The first-order chi connectivity index (χ1) is 14.6. The molecule has 4 nitrogen and oxygen atoms in total. The van der Waals surface area contributed by atoms with Crippen LogP contribution >= 0.6 is 0 Å². The monoisotopic (exact) mass is 404 g/mol. The highest BCUT2D eigenvalue weighted by atomic mass is 19.1. The van der Waals surface area contributed by atoms with Gasteiger partial charge in [0.15, 0.2) is 0 Å². The second-order valence-electron chi connectivity index (χ2n) is 7.66. The first-order valence-electron chi connectivity index (χ1n) is 10.3. The van der Waals surface area contributed by atoms with Crippen LogP contribution in [0.5, 0.6) is 5.75 Å². The number of aromatic nitrogens is 1. The maximum atomic E-state index is 13.1. The molecule has 2 aromatic carbocycles. The molecule has 1 amide bonds. The molecule has 154 valence electrons. The number of methoxy groups -OCH3 is 1. The lowest BCUT2D eigenvalue weighted by Gasteiger charge is -2.32. The van der Waals surface area contributed by atoms with E-state index in [-0.39, 0.29) is 17.6 Å². The van der Waals surface area contributed by atoms with Gasteiger partial charge >= 0.3 is 0 Å². The number of carbonyl (C=O) groups is 1. The topological polar surface area (TPSA) is 42.4 Å². The minimum absolute atomic E-state index is 0.0811. The normalized spacial score (nSPS) is 16.3. The van der Waals surface area contributed by atoms with E-state index in [0.717, 1.165) is 47.7 Å². The van der Waals surface area contributed by atoms with E-state index in [2.05, 4.69) is 0 Å². The molecule has 0 N–H and O–H groups in total. The van der Waals surface area contributed by atoms with E-state index in [1.807, 2.05) is 47.4 Å². The van der Waals surface area contributed by atoms with E-state index in [0.29, 0.717) is 13.0 Å². The number of ether oxygens (including phenoxy) is 1. The van der Waals surface area contributed by atoms with E-state index in [9.17, 15) is 9.18 Å². The van der Waals surface area contributed by atoms with Crippen LogP contribution in [0.4, 0.5) is 4.39 Å². The van der Waals surface area contributed by atoms with Crippen molar-refractivity contribution < 1.29 is 13.9 Å². The van der Waals surface area contributed by atoms with Gasteiger partial charge in [0, 0.05) is 30.3 Å². The van der Waals surface area contributed by atoms with Crippen molar-refractivity contribution >= 4 is 5.91 Å². The molecule has 0 radical (unpaired) electrons. The van der Waals surface area contributed by atoms with Crippen LogP contribution in [0.1, 0.15) is 30.0 Å². The number of nitrogens with zero attached hydrogens (tertiary/aromatic N) is 2. The van der Waals surface area contributed by atoms with Gasteiger partial charge in [-0.1, -0.05) is 18.2 Å². The number of amides is 1. The number of rotatable bonds is 5. The average Bonchev–Trinajstić information content (AvgIpc) is 2.81. The molecule has 1 aromatic heterocycles. The molecule has 1 atom stereocenters. The highest BCUT2D eigenvalue weighted by molar-refractivity contribution is 5.79. The summed E-state index contributed by atoms with van der Waals surface area (Å²) in [6, 6.07) is 20.1. The maximum Gasteiger partial charge on any atom is 0.227 e. The Balaban J connectivity index is 1.46. The van der Waals surface area contributed by atoms with Crippen LogP contribution in [0.25, 0.3) is 11.3 Å². The lowest BCUT2D eigenvalue weighted by Crippen LogP contribution is -2.40. The maximum absolute atomic E-state index is 13.1. The zero-order valence-electron chi connectivity index (χ0n) is 17.1. The zero-order valence-corrected chi connectivity index (χ0v) is 17.1. The SMILES string of the molecule is COc1ccc(-c2cccc([C@@H]3CCCN(C(=O)Cc4ccc(F)cc4)C3)n2)cc1. The van der Waals surface area contributed by atoms with Crippen molar-refractivity contribution in [3.8, 4) is 17.0 Å². The standard InChI is InChI=1S/C25H25FN2O2/c1-30-22-13-9-19(10-14-22)23-5-2-6-24(27-23)20-4-3-15-28(17-20)25(29)16-18-7-11-21(26)12-8-18/h2,5-14,20H,3-4,15-17H2,1H3/t20-/m1/s1. The number of carbonyl (C=O) groups excluding carboxylic acids is 1. The van der Waals surface area contributed by atoms with Crippen LogP contribution in [0.2, 0.25) is 0 Å². The summed E-state index contributed by atoms with van der Waals surface area (Å²) in [5.74, 6) is 0.830. The van der Waals surface area contributed by atoms with Gasteiger partial charge in [-0.3, -0.25) is 9.78 Å². The number of pyridine rings is 1. The third kappa shape index (κ3) is 4.67. The van der Waals surface area contributed by atoms with Crippen LogP contribution in [-0.2, 0) is 11.2 Å². The van der Waals surface area contributed by atoms with Crippen LogP contribution in [0.3, 0.4) is 0 Å². The molecule has 3 aromatic rings. The molecule has 2 heterocycles. The molecule has 1 aliphatic rings. The average molecular weight is 404 g/mol. The van der Waals surface area contributed by atoms with Crippen molar-refractivity contribution in [1.82, 2.24) is 9.88 Å². The van der Waals surface area contributed by atoms with E-state index in [1.165, 1.54) is 12.1 Å². The van der Waals surface area contributed by atoms with Gasteiger partial charge in [0.2, 0.25) is 5.91 Å². The number of hydrogen-bond acceptors (Lipinski definition) is 3. The summed E-state index contributed by atoms with van der Waals surface area (Å²) >= 11 is 0. The van der Waals surface area contributed by atoms with Crippen molar-refractivity contribution in [2.45, 2.75) is 25.2 Å². The van der Waals surface area contributed by atoms with Gasteiger partial charge in [0.25, 0.3) is 0 Å². The first-order valence-corrected chi connectivity index (χ1v) is 10.3. The number of piperidine rings is 1. The fourth-order valence-corrected chi connectivity index (χ4v) is 3.94.